The molecular formula is C18H15LiZn-3. The number of hydrogen-bond donors (Lipinski definition) is 0. The average molecular weight is 304 g/mol. The molecule has 0 saturated heterocycles. The van der Waals surface area contributed by atoms with Gasteiger partial charge in [-0.2, -0.15) is 109 Å². The molecule has 0 saturated carbocycles. The van der Waals surface area contributed by atoms with E-state index >= 15 is 0 Å². The van der Waals surface area contributed by atoms with Gasteiger partial charge in [0.1, 0.15) is 0 Å². The minimum absolute atomic E-state index is 0. The monoisotopic (exact) mass is 302 g/mol. The summed E-state index contributed by atoms with van der Waals surface area (Å²) in [5.41, 5.74) is 0. The van der Waals surface area contributed by atoms with Gasteiger partial charge in [0.25, 0.3) is 0 Å². The predicted molar refractivity (Wildman–Crippen MR) is 81.6 cm³/mol. The van der Waals surface area contributed by atoms with Gasteiger partial charge in [0.05, 0.1) is 0 Å². The van der Waals surface area contributed by atoms with Crippen LogP contribution in [-0.2, 0) is 19.5 Å². The summed E-state index contributed by atoms with van der Waals surface area (Å²) in [5, 5.41) is 0. The molecule has 20 heavy (non-hydrogen) atoms. The van der Waals surface area contributed by atoms with Gasteiger partial charge in [-0.1, -0.05) is 0 Å². The fraction of sp³-hybridized carbons (Fsp3) is 0. The molecule has 3 rings (SSSR count). The van der Waals surface area contributed by atoms with Crippen LogP contribution in [0.4, 0.5) is 0 Å². The Morgan fingerprint density at radius 1 is 0.350 bits per heavy atom. The molecule has 2 heteroatoms. The van der Waals surface area contributed by atoms with Gasteiger partial charge < -0.3 is 0 Å². The van der Waals surface area contributed by atoms with Gasteiger partial charge in [0, 0.05) is 38.3 Å². The summed E-state index contributed by atoms with van der Waals surface area (Å²) in [6.07, 6.45) is 0. The molecule has 0 aliphatic heterocycles. The topological polar surface area (TPSA) is 0 Å². The van der Waals surface area contributed by atoms with Crippen molar-refractivity contribution in [1.82, 2.24) is 0 Å². The maximum Gasteiger partial charge on any atom is 0 e. The van der Waals surface area contributed by atoms with Crippen LogP contribution in [0.5, 0.6) is 0 Å². The van der Waals surface area contributed by atoms with Gasteiger partial charge in [-0.25, -0.2) is 0 Å². The van der Waals surface area contributed by atoms with E-state index in [2.05, 4.69) is 18.2 Å². The summed E-state index contributed by atoms with van der Waals surface area (Å²) in [5.74, 6) is 0. The molecule has 3 aromatic rings. The minimum Gasteiger partial charge on any atom is -0.184 e. The SMILES string of the molecule is [Li].[Zn].[c-]1ccccc1.[c-]1ccccc1.[c-]1ccccc1. The zero-order valence-electron chi connectivity index (χ0n) is 11.9. The molecule has 0 N–H and O–H groups in total. The Hall–Kier alpha value is -1.12. The molecule has 0 nitrogen and oxygen atoms in total. The normalized spacial score (nSPS) is 7.20. The first-order valence-corrected chi connectivity index (χ1v) is 5.73. The van der Waals surface area contributed by atoms with Crippen molar-refractivity contribution in [2.24, 2.45) is 0 Å². The molecule has 0 fully saturated rings. The Bertz CT molecular complexity index is 302. The van der Waals surface area contributed by atoms with Crippen molar-refractivity contribution in [2.45, 2.75) is 0 Å². The van der Waals surface area contributed by atoms with Crippen LogP contribution in [0.2, 0.25) is 0 Å². The second-order valence-corrected chi connectivity index (χ2v) is 3.23. The van der Waals surface area contributed by atoms with E-state index in [0.29, 0.717) is 0 Å². The van der Waals surface area contributed by atoms with E-state index in [9.17, 15) is 0 Å². The second kappa shape index (κ2) is 17.9. The summed E-state index contributed by atoms with van der Waals surface area (Å²) in [6, 6.07) is 37.5. The third-order valence-corrected chi connectivity index (χ3v) is 1.82. The number of rotatable bonds is 0. The van der Waals surface area contributed by atoms with E-state index in [0.717, 1.165) is 0 Å². The summed E-state index contributed by atoms with van der Waals surface area (Å²) in [6.45, 7) is 0. The Kier molecular flexibility index (Phi) is 18.9. The molecule has 3 aromatic carbocycles. The Balaban J connectivity index is 0. The molecule has 0 atom stereocenters. The maximum atomic E-state index is 2.89. The van der Waals surface area contributed by atoms with Crippen molar-refractivity contribution < 1.29 is 19.5 Å². The standard InChI is InChI=1S/3C6H5.Li.Zn/c3*1-2-4-6-5-3-1;;/h3*1-5H;;/q3*-1;;. The van der Waals surface area contributed by atoms with Gasteiger partial charge in [-0.3, -0.25) is 0 Å². The summed E-state index contributed by atoms with van der Waals surface area (Å²) in [4.78, 5) is 0. The largest absolute Gasteiger partial charge is 0.184 e. The molecule has 0 spiro atoms. The first-order chi connectivity index (χ1) is 9.00. The Morgan fingerprint density at radius 3 is 0.600 bits per heavy atom. The molecule has 0 aromatic heterocycles. The first-order valence-electron chi connectivity index (χ1n) is 5.73. The molecular weight excluding hydrogens is 289 g/mol. The Morgan fingerprint density at radius 2 is 0.550 bits per heavy atom. The van der Waals surface area contributed by atoms with Crippen LogP contribution in [0.15, 0.2) is 91.0 Å². The van der Waals surface area contributed by atoms with Crippen molar-refractivity contribution in [2.75, 3.05) is 0 Å². The maximum absolute atomic E-state index is 2.89. The van der Waals surface area contributed by atoms with Crippen molar-refractivity contribution in [1.29, 1.82) is 0 Å². The van der Waals surface area contributed by atoms with Crippen molar-refractivity contribution in [3.05, 3.63) is 109 Å². The molecule has 1 radical (unpaired) electrons. The molecule has 0 bridgehead atoms. The molecule has 0 unspecified atom stereocenters. The van der Waals surface area contributed by atoms with Crippen molar-refractivity contribution in [3.8, 4) is 0 Å². The first kappa shape index (κ1) is 21.2. The zero-order valence-corrected chi connectivity index (χ0v) is 14.8. The molecule has 0 heterocycles. The van der Waals surface area contributed by atoms with Crippen LogP contribution in [-0.4, -0.2) is 18.9 Å². The Labute approximate surface area is 147 Å². The average Bonchev–Trinajstić information content (AvgIpc) is 2.54. The number of benzene rings is 3. The summed E-state index contributed by atoms with van der Waals surface area (Å²) < 4.78 is 0. The van der Waals surface area contributed by atoms with Crippen molar-refractivity contribution in [3.63, 3.8) is 0 Å². The van der Waals surface area contributed by atoms with Crippen LogP contribution >= 0.6 is 0 Å². The van der Waals surface area contributed by atoms with E-state index in [1.54, 1.807) is 0 Å². The van der Waals surface area contributed by atoms with Crippen LogP contribution in [0.25, 0.3) is 0 Å². The van der Waals surface area contributed by atoms with Crippen LogP contribution < -0.4 is 0 Å². The van der Waals surface area contributed by atoms with Crippen LogP contribution in [0.3, 0.4) is 0 Å². The number of hydrogen-bond acceptors (Lipinski definition) is 0. The third-order valence-electron chi connectivity index (χ3n) is 1.82. The quantitative estimate of drug-likeness (QED) is 0.434. The summed E-state index contributed by atoms with van der Waals surface area (Å²) in [7, 11) is 0. The molecule has 0 aliphatic carbocycles. The van der Waals surface area contributed by atoms with Crippen LogP contribution in [0.1, 0.15) is 0 Å². The van der Waals surface area contributed by atoms with Crippen molar-refractivity contribution >= 4 is 18.9 Å². The van der Waals surface area contributed by atoms with Gasteiger partial charge >= 0.3 is 0 Å². The fourth-order valence-electron chi connectivity index (χ4n) is 1.03. The van der Waals surface area contributed by atoms with E-state index in [1.165, 1.54) is 0 Å². The van der Waals surface area contributed by atoms with Gasteiger partial charge in [0.15, 0.2) is 0 Å². The smallest absolute Gasteiger partial charge is 0 e. The van der Waals surface area contributed by atoms with E-state index in [1.807, 2.05) is 91.0 Å². The third kappa shape index (κ3) is 14.9. The molecule has 93 valence electrons. The van der Waals surface area contributed by atoms with E-state index in [-0.39, 0.29) is 38.3 Å². The molecule has 0 amide bonds. The predicted octanol–water partition coefficient (Wildman–Crippen LogP) is 4.08. The van der Waals surface area contributed by atoms with Gasteiger partial charge in [-0.05, 0) is 0 Å². The minimum atomic E-state index is 0. The van der Waals surface area contributed by atoms with Crippen LogP contribution in [0, 0.1) is 18.2 Å². The fourth-order valence-corrected chi connectivity index (χ4v) is 1.03. The van der Waals surface area contributed by atoms with Gasteiger partial charge in [0.2, 0.25) is 0 Å². The summed E-state index contributed by atoms with van der Waals surface area (Å²) >= 11 is 0. The van der Waals surface area contributed by atoms with E-state index in [4.69, 9.17) is 0 Å². The van der Waals surface area contributed by atoms with Gasteiger partial charge in [-0.15, -0.1) is 0 Å². The molecule has 0 aliphatic rings. The zero-order chi connectivity index (χ0) is 12.7. The second-order valence-electron chi connectivity index (χ2n) is 3.23. The van der Waals surface area contributed by atoms with E-state index < -0.39 is 0 Å².